The van der Waals surface area contributed by atoms with Gasteiger partial charge >= 0.3 is 0 Å². The topological polar surface area (TPSA) is 0 Å². The molecule has 2 rings (SSSR count). The van der Waals surface area contributed by atoms with Crippen molar-refractivity contribution in [1.82, 2.24) is 0 Å². The summed E-state index contributed by atoms with van der Waals surface area (Å²) in [6.45, 7) is 2.24. The molecule has 72 valence electrons. The molecular weight excluding hydrogens is 268 g/mol. The second-order valence-corrected chi connectivity index (χ2v) is 6.65. The third kappa shape index (κ3) is 1.81. The second kappa shape index (κ2) is 3.56. The van der Waals surface area contributed by atoms with Crippen LogP contribution in [0.1, 0.15) is 36.4 Å². The van der Waals surface area contributed by atoms with Gasteiger partial charge in [0.15, 0.2) is 0 Å². The zero-order valence-electron chi connectivity index (χ0n) is 7.52. The summed E-state index contributed by atoms with van der Waals surface area (Å²) in [5, 5.41) is 0.230. The summed E-state index contributed by atoms with van der Waals surface area (Å²) < 4.78 is 1.18. The van der Waals surface area contributed by atoms with Crippen LogP contribution >= 0.6 is 38.9 Å². The molecule has 1 aliphatic carbocycles. The zero-order valence-corrected chi connectivity index (χ0v) is 10.7. The van der Waals surface area contributed by atoms with Crippen molar-refractivity contribution in [2.75, 3.05) is 0 Å². The Bertz CT molecular complexity index is 304. The third-order valence-electron chi connectivity index (χ3n) is 2.98. The van der Waals surface area contributed by atoms with E-state index in [4.69, 9.17) is 11.6 Å². The highest BCUT2D eigenvalue weighted by atomic mass is 79.9. The number of halogens is 2. The number of hydrogen-bond donors (Lipinski definition) is 0. The van der Waals surface area contributed by atoms with E-state index in [1.807, 2.05) is 0 Å². The summed E-state index contributed by atoms with van der Waals surface area (Å²) in [5.74, 6) is 0. The first kappa shape index (κ1) is 10.0. The summed E-state index contributed by atoms with van der Waals surface area (Å²) in [7, 11) is 0. The first-order valence-electron chi connectivity index (χ1n) is 4.57. The number of rotatable bonds is 3. The quantitative estimate of drug-likeness (QED) is 0.685. The molecule has 13 heavy (non-hydrogen) atoms. The van der Waals surface area contributed by atoms with Crippen LogP contribution in [-0.4, -0.2) is 0 Å². The fourth-order valence-electron chi connectivity index (χ4n) is 1.71. The second-order valence-electron chi connectivity index (χ2n) is 3.72. The molecule has 0 saturated heterocycles. The lowest BCUT2D eigenvalue weighted by Crippen LogP contribution is -2.05. The van der Waals surface area contributed by atoms with Gasteiger partial charge in [0.05, 0.1) is 9.16 Å². The van der Waals surface area contributed by atoms with Crippen LogP contribution in [-0.2, 0) is 0 Å². The minimum atomic E-state index is 0.230. The SMILES string of the molecule is CCC1(C(Cl)c2ccc(Br)s2)CC1. The number of alkyl halides is 1. The number of thiophene rings is 1. The highest BCUT2D eigenvalue weighted by Crippen LogP contribution is 2.61. The smallest absolute Gasteiger partial charge is 0.0734 e. The molecule has 0 spiro atoms. The largest absolute Gasteiger partial charge is 0.132 e. The Morgan fingerprint density at radius 3 is 2.69 bits per heavy atom. The predicted molar refractivity (Wildman–Crippen MR) is 62.6 cm³/mol. The monoisotopic (exact) mass is 278 g/mol. The van der Waals surface area contributed by atoms with Gasteiger partial charge in [0.25, 0.3) is 0 Å². The van der Waals surface area contributed by atoms with Gasteiger partial charge in [0.1, 0.15) is 0 Å². The molecule has 0 bridgehead atoms. The maximum atomic E-state index is 6.46. The lowest BCUT2D eigenvalue weighted by atomic mass is 9.98. The van der Waals surface area contributed by atoms with E-state index in [1.165, 1.54) is 27.9 Å². The Morgan fingerprint density at radius 1 is 1.62 bits per heavy atom. The lowest BCUT2D eigenvalue weighted by molar-refractivity contribution is 0.476. The Kier molecular flexibility index (Phi) is 2.74. The summed E-state index contributed by atoms with van der Waals surface area (Å²) in [4.78, 5) is 1.31. The predicted octanol–water partition coefficient (Wildman–Crippen LogP) is 4.98. The van der Waals surface area contributed by atoms with Gasteiger partial charge in [0, 0.05) is 4.88 Å². The van der Waals surface area contributed by atoms with Crippen LogP contribution < -0.4 is 0 Å². The van der Waals surface area contributed by atoms with E-state index >= 15 is 0 Å². The van der Waals surface area contributed by atoms with E-state index in [0.29, 0.717) is 5.41 Å². The van der Waals surface area contributed by atoms with Gasteiger partial charge in [-0.3, -0.25) is 0 Å². The maximum absolute atomic E-state index is 6.46. The molecule has 0 N–H and O–H groups in total. The highest BCUT2D eigenvalue weighted by molar-refractivity contribution is 9.11. The molecule has 0 radical (unpaired) electrons. The molecule has 0 amide bonds. The van der Waals surface area contributed by atoms with Crippen molar-refractivity contribution < 1.29 is 0 Å². The minimum Gasteiger partial charge on any atom is -0.132 e. The van der Waals surface area contributed by atoms with Crippen molar-refractivity contribution in [3.05, 3.63) is 20.8 Å². The highest BCUT2D eigenvalue weighted by Gasteiger charge is 2.47. The van der Waals surface area contributed by atoms with Crippen LogP contribution in [0.15, 0.2) is 15.9 Å². The fraction of sp³-hybridized carbons (Fsp3) is 0.600. The van der Waals surface area contributed by atoms with E-state index in [9.17, 15) is 0 Å². The first-order valence-corrected chi connectivity index (χ1v) is 6.62. The summed E-state index contributed by atoms with van der Waals surface area (Å²) in [6, 6.07) is 4.23. The zero-order chi connectivity index (χ0) is 9.47. The van der Waals surface area contributed by atoms with Crippen LogP contribution in [0.3, 0.4) is 0 Å². The van der Waals surface area contributed by atoms with Gasteiger partial charge in [-0.25, -0.2) is 0 Å². The van der Waals surface area contributed by atoms with Crippen LogP contribution in [0, 0.1) is 5.41 Å². The van der Waals surface area contributed by atoms with E-state index in [1.54, 1.807) is 11.3 Å². The van der Waals surface area contributed by atoms with Gasteiger partial charge < -0.3 is 0 Å². The van der Waals surface area contributed by atoms with E-state index in [0.717, 1.165) is 0 Å². The first-order chi connectivity index (χ1) is 6.18. The van der Waals surface area contributed by atoms with E-state index in [2.05, 4.69) is 35.0 Å². The molecule has 1 saturated carbocycles. The summed E-state index contributed by atoms with van der Waals surface area (Å²) in [6.07, 6.45) is 3.80. The van der Waals surface area contributed by atoms with Crippen molar-refractivity contribution in [1.29, 1.82) is 0 Å². The van der Waals surface area contributed by atoms with E-state index < -0.39 is 0 Å². The van der Waals surface area contributed by atoms with Gasteiger partial charge in [-0.2, -0.15) is 0 Å². The molecule has 0 nitrogen and oxygen atoms in total. The summed E-state index contributed by atoms with van der Waals surface area (Å²) in [5.41, 5.74) is 0.422. The minimum absolute atomic E-state index is 0.230. The lowest BCUT2D eigenvalue weighted by Gasteiger charge is -2.17. The van der Waals surface area contributed by atoms with Crippen LogP contribution in [0.2, 0.25) is 0 Å². The number of hydrogen-bond acceptors (Lipinski definition) is 1. The van der Waals surface area contributed by atoms with Crippen LogP contribution in [0.25, 0.3) is 0 Å². The Hall–Kier alpha value is 0.470. The Balaban J connectivity index is 2.17. The van der Waals surface area contributed by atoms with Crippen molar-refractivity contribution in [3.63, 3.8) is 0 Å². The molecular formula is C10H12BrClS. The standard InChI is InChI=1S/C10H12BrClS/c1-2-10(5-6-10)9(12)7-3-4-8(11)13-7/h3-4,9H,2,5-6H2,1H3. The molecule has 1 aromatic heterocycles. The van der Waals surface area contributed by atoms with Crippen LogP contribution in [0.5, 0.6) is 0 Å². The van der Waals surface area contributed by atoms with Crippen molar-refractivity contribution in [2.24, 2.45) is 5.41 Å². The summed E-state index contributed by atoms with van der Waals surface area (Å²) >= 11 is 11.7. The normalized spacial score (nSPS) is 21.5. The molecule has 1 unspecified atom stereocenters. The van der Waals surface area contributed by atoms with E-state index in [-0.39, 0.29) is 5.38 Å². The molecule has 1 aliphatic rings. The molecule has 1 fully saturated rings. The fourth-order valence-corrected chi connectivity index (χ4v) is 3.84. The van der Waals surface area contributed by atoms with Gasteiger partial charge in [-0.1, -0.05) is 6.92 Å². The average Bonchev–Trinajstić information content (AvgIpc) is 2.82. The molecule has 3 heteroatoms. The van der Waals surface area contributed by atoms with Gasteiger partial charge in [0.2, 0.25) is 0 Å². The van der Waals surface area contributed by atoms with Gasteiger partial charge in [-0.15, -0.1) is 22.9 Å². The molecule has 0 aliphatic heterocycles. The maximum Gasteiger partial charge on any atom is 0.0734 e. The Labute approximate surface area is 96.4 Å². The van der Waals surface area contributed by atoms with Gasteiger partial charge in [-0.05, 0) is 52.7 Å². The third-order valence-corrected chi connectivity index (χ3v) is 5.49. The molecule has 1 heterocycles. The average molecular weight is 280 g/mol. The molecule has 1 aromatic rings. The van der Waals surface area contributed by atoms with Crippen molar-refractivity contribution >= 4 is 38.9 Å². The Morgan fingerprint density at radius 2 is 2.31 bits per heavy atom. The van der Waals surface area contributed by atoms with Crippen molar-refractivity contribution in [2.45, 2.75) is 31.6 Å². The van der Waals surface area contributed by atoms with Crippen LogP contribution in [0.4, 0.5) is 0 Å². The molecule has 0 aromatic carbocycles. The van der Waals surface area contributed by atoms with Crippen molar-refractivity contribution in [3.8, 4) is 0 Å². The molecule has 1 atom stereocenters.